The third kappa shape index (κ3) is 71.3. The SMILES string of the molecule is CC/C=C\C/C=C\C/C=C\C/C=C\C/C=C\C/C=C\CCCCCCCCCCC(=O)NC(COP(=O)(O)OCC[N+](C)(C)C)C(/C=C/CCCCCCCCCCCCC)OC(=O)CCCCCCCCCCCCCCCCCCCCCCCCCCC. The van der Waals surface area contributed by atoms with E-state index in [1.54, 1.807) is 0 Å². The molecule has 2 N–H and O–H groups in total. The van der Waals surface area contributed by atoms with Crippen molar-refractivity contribution in [2.75, 3.05) is 40.9 Å². The highest BCUT2D eigenvalue weighted by molar-refractivity contribution is 7.47. The molecule has 10 heteroatoms. The molecule has 0 aromatic carbocycles. The Hall–Kier alpha value is -2.81. The average Bonchev–Trinajstić information content (AvgIpc) is 3.45. The highest BCUT2D eigenvalue weighted by Crippen LogP contribution is 2.43. The van der Waals surface area contributed by atoms with Crippen LogP contribution >= 0.6 is 7.82 Å². The molecule has 0 fully saturated rings. The molecule has 9 nitrogen and oxygen atoms in total. The Labute approximate surface area is 565 Å². The number of quaternary nitrogens is 1. The lowest BCUT2D eigenvalue weighted by Gasteiger charge is -2.27. The molecule has 3 atom stereocenters. The second-order valence-electron chi connectivity index (χ2n) is 27.5. The van der Waals surface area contributed by atoms with Gasteiger partial charge in [-0.05, 0) is 83.1 Å². The van der Waals surface area contributed by atoms with Crippen molar-refractivity contribution >= 4 is 19.7 Å². The number of hydrogen-bond donors (Lipinski definition) is 2. The number of unbranched alkanes of at least 4 members (excludes halogenated alkanes) is 43. The number of hydrogen-bond acceptors (Lipinski definition) is 6. The van der Waals surface area contributed by atoms with E-state index >= 15 is 0 Å². The molecule has 0 aliphatic rings. The van der Waals surface area contributed by atoms with E-state index in [0.717, 1.165) is 109 Å². The van der Waals surface area contributed by atoms with Crippen molar-refractivity contribution < 1.29 is 37.3 Å². The molecule has 0 aromatic rings. The fraction of sp³-hybridized carbons (Fsp3) is 0.802. The number of carbonyl (C=O) groups excluding carboxylic acids is 2. The van der Waals surface area contributed by atoms with Crippen molar-refractivity contribution in [3.05, 3.63) is 85.1 Å². The fourth-order valence-electron chi connectivity index (χ4n) is 11.4. The molecule has 0 radical (unpaired) electrons. The Kier molecular flexibility index (Phi) is 67.8. The summed E-state index contributed by atoms with van der Waals surface area (Å²) < 4.78 is 30.9. The fourth-order valence-corrected chi connectivity index (χ4v) is 12.2. The van der Waals surface area contributed by atoms with Gasteiger partial charge in [0.15, 0.2) is 0 Å². The number of carbonyl (C=O) groups is 2. The summed E-state index contributed by atoms with van der Waals surface area (Å²) in [5.41, 5.74) is 0. The van der Waals surface area contributed by atoms with E-state index in [1.165, 1.54) is 225 Å². The zero-order valence-electron chi connectivity index (χ0n) is 60.8. The minimum absolute atomic E-state index is 0.0372. The maximum atomic E-state index is 13.7. The molecule has 0 aliphatic carbocycles. The van der Waals surface area contributed by atoms with Crippen LogP contribution in [0.1, 0.15) is 367 Å². The average molecular weight is 1300 g/mol. The number of amides is 1. The second-order valence-corrected chi connectivity index (χ2v) is 29.0. The van der Waals surface area contributed by atoms with Crippen molar-refractivity contribution in [3.63, 3.8) is 0 Å². The standard InChI is InChI=1S/C81H149N2O7P/c1-7-10-13-16-19-22-25-28-30-32-34-36-38-40-41-43-44-46-48-50-52-55-58-61-64-67-70-73-80(84)82-78(77-89-91(86,87)88-76-75-83(4,5)6)79(72-69-66-63-60-57-54-27-24-21-18-15-12-9-3)90-81(85)74-71-68-65-62-59-56-53-51-49-47-45-42-39-37-35-33-31-29-26-23-20-17-14-11-8-2/h10,13,19,22,28,30,34,36,40-41,44,46,69,72,78-79H,7-9,11-12,14-18,20-21,23-27,29,31-33,35,37-39,42-43,45,47-68,70-71,73-77H2,1-6H3,(H-,82,84,86,87)/p+1/b13-10-,22-19-,30-28-,36-34-,41-40-,46-44-,72-69+. The first-order valence-electron chi connectivity index (χ1n) is 38.9. The first kappa shape index (κ1) is 88.2. The smallest absolute Gasteiger partial charge is 0.456 e. The summed E-state index contributed by atoms with van der Waals surface area (Å²) in [4.78, 5) is 38.0. The Balaban J connectivity index is 5.01. The van der Waals surface area contributed by atoms with E-state index in [-0.39, 0.29) is 25.1 Å². The van der Waals surface area contributed by atoms with Crippen LogP contribution in [0.25, 0.3) is 0 Å². The Morgan fingerprint density at radius 1 is 0.396 bits per heavy atom. The summed E-state index contributed by atoms with van der Waals surface area (Å²) in [5, 5.41) is 3.08. The summed E-state index contributed by atoms with van der Waals surface area (Å²) in [6.07, 6.45) is 94.7. The number of phosphoric ester groups is 1. The van der Waals surface area contributed by atoms with Crippen molar-refractivity contribution in [3.8, 4) is 0 Å². The molecule has 0 spiro atoms. The Morgan fingerprint density at radius 3 is 1.05 bits per heavy atom. The van der Waals surface area contributed by atoms with Crippen LogP contribution in [0.3, 0.4) is 0 Å². The molecular formula is C81H150N2O7P+. The quantitative estimate of drug-likeness (QED) is 0.0205. The van der Waals surface area contributed by atoms with E-state index in [2.05, 4.69) is 99.0 Å². The van der Waals surface area contributed by atoms with Gasteiger partial charge in [-0.2, -0.15) is 0 Å². The van der Waals surface area contributed by atoms with Crippen LogP contribution < -0.4 is 5.32 Å². The van der Waals surface area contributed by atoms with Gasteiger partial charge in [0, 0.05) is 12.8 Å². The van der Waals surface area contributed by atoms with Crippen molar-refractivity contribution in [1.82, 2.24) is 5.32 Å². The summed E-state index contributed by atoms with van der Waals surface area (Å²) in [7, 11) is 1.50. The minimum atomic E-state index is -4.46. The molecule has 1 amide bonds. The van der Waals surface area contributed by atoms with Gasteiger partial charge in [-0.1, -0.05) is 357 Å². The number of nitrogens with zero attached hydrogens (tertiary/aromatic N) is 1. The number of allylic oxidation sites excluding steroid dienone is 13. The number of phosphoric acid groups is 1. The van der Waals surface area contributed by atoms with Crippen molar-refractivity contribution in [1.29, 1.82) is 0 Å². The van der Waals surface area contributed by atoms with Crippen molar-refractivity contribution in [2.24, 2.45) is 0 Å². The van der Waals surface area contributed by atoms with Crippen LogP contribution in [0.2, 0.25) is 0 Å². The maximum Gasteiger partial charge on any atom is 0.472 e. The van der Waals surface area contributed by atoms with Crippen LogP contribution in [0.5, 0.6) is 0 Å². The molecule has 0 saturated carbocycles. The molecule has 0 rings (SSSR count). The van der Waals surface area contributed by atoms with Gasteiger partial charge >= 0.3 is 13.8 Å². The van der Waals surface area contributed by atoms with Crippen LogP contribution in [-0.4, -0.2) is 74.3 Å². The second kappa shape index (κ2) is 70.0. The van der Waals surface area contributed by atoms with Gasteiger partial charge in [-0.15, -0.1) is 0 Å². The van der Waals surface area contributed by atoms with Gasteiger partial charge in [0.05, 0.1) is 33.8 Å². The summed E-state index contributed by atoms with van der Waals surface area (Å²) in [6.45, 7) is 6.95. The maximum absolute atomic E-state index is 13.7. The molecule has 0 aromatic heterocycles. The third-order valence-corrected chi connectivity index (χ3v) is 18.3. The van der Waals surface area contributed by atoms with Gasteiger partial charge in [0.2, 0.25) is 5.91 Å². The summed E-state index contributed by atoms with van der Waals surface area (Å²) in [5.74, 6) is -0.500. The number of nitrogens with one attached hydrogen (secondary N) is 1. The first-order valence-corrected chi connectivity index (χ1v) is 40.4. The lowest BCUT2D eigenvalue weighted by Crippen LogP contribution is -2.47. The minimum Gasteiger partial charge on any atom is -0.456 e. The largest absolute Gasteiger partial charge is 0.472 e. The first-order chi connectivity index (χ1) is 44.4. The molecule has 0 heterocycles. The zero-order valence-corrected chi connectivity index (χ0v) is 61.7. The Bertz CT molecular complexity index is 1830. The van der Waals surface area contributed by atoms with E-state index in [4.69, 9.17) is 13.8 Å². The summed E-state index contributed by atoms with van der Waals surface area (Å²) >= 11 is 0. The monoisotopic (exact) mass is 1290 g/mol. The van der Waals surface area contributed by atoms with Gasteiger partial charge in [-0.25, -0.2) is 4.57 Å². The third-order valence-electron chi connectivity index (χ3n) is 17.3. The predicted molar refractivity (Wildman–Crippen MR) is 397 cm³/mol. The number of likely N-dealkylation sites (N-methyl/N-ethyl adjacent to an activating group) is 1. The van der Waals surface area contributed by atoms with Crippen LogP contribution in [-0.2, 0) is 27.9 Å². The van der Waals surface area contributed by atoms with E-state index in [0.29, 0.717) is 23.9 Å². The number of ether oxygens (including phenoxy) is 1. The lowest BCUT2D eigenvalue weighted by atomic mass is 10.0. The molecule has 3 unspecified atom stereocenters. The van der Waals surface area contributed by atoms with E-state index < -0.39 is 20.0 Å². The van der Waals surface area contributed by atoms with Crippen LogP contribution in [0.15, 0.2) is 85.1 Å². The predicted octanol–water partition coefficient (Wildman–Crippen LogP) is 25.2. The molecule has 0 bridgehead atoms. The molecule has 0 aliphatic heterocycles. The molecule has 530 valence electrons. The number of esters is 1. The highest BCUT2D eigenvalue weighted by Gasteiger charge is 2.30. The van der Waals surface area contributed by atoms with E-state index in [9.17, 15) is 19.0 Å². The molecular weight excluding hydrogens is 1140 g/mol. The topological polar surface area (TPSA) is 111 Å². The van der Waals surface area contributed by atoms with Crippen LogP contribution in [0.4, 0.5) is 0 Å². The van der Waals surface area contributed by atoms with Gasteiger partial charge < -0.3 is 19.4 Å². The van der Waals surface area contributed by atoms with Crippen LogP contribution in [0, 0.1) is 0 Å². The number of rotatable bonds is 71. The normalized spacial score (nSPS) is 13.9. The molecule has 91 heavy (non-hydrogen) atoms. The van der Waals surface area contributed by atoms with E-state index in [1.807, 2.05) is 33.3 Å². The zero-order chi connectivity index (χ0) is 66.3. The van der Waals surface area contributed by atoms with Gasteiger partial charge in [0.25, 0.3) is 0 Å². The van der Waals surface area contributed by atoms with Gasteiger partial charge in [-0.3, -0.25) is 18.6 Å². The van der Waals surface area contributed by atoms with Crippen molar-refractivity contribution in [2.45, 2.75) is 380 Å². The Morgan fingerprint density at radius 2 is 0.703 bits per heavy atom. The highest BCUT2D eigenvalue weighted by atomic mass is 31.2. The molecule has 0 saturated heterocycles. The van der Waals surface area contributed by atoms with Gasteiger partial charge in [0.1, 0.15) is 19.3 Å². The summed E-state index contributed by atoms with van der Waals surface area (Å²) in [6, 6.07) is -0.857. The lowest BCUT2D eigenvalue weighted by molar-refractivity contribution is -0.870.